The van der Waals surface area contributed by atoms with Crippen molar-refractivity contribution in [3.8, 4) is 6.07 Å². The van der Waals surface area contributed by atoms with E-state index in [4.69, 9.17) is 5.26 Å². The minimum Gasteiger partial charge on any atom is -0.340 e. The monoisotopic (exact) mass is 298 g/mol. The summed E-state index contributed by atoms with van der Waals surface area (Å²) in [7, 11) is 1.55. The molecular weight excluding hydrogens is 287 g/mol. The molecule has 0 radical (unpaired) electrons. The fraction of sp³-hybridized carbons (Fsp3) is 0.333. The van der Waals surface area contributed by atoms with Crippen LogP contribution >= 0.6 is 15.9 Å². The van der Waals surface area contributed by atoms with Gasteiger partial charge in [-0.25, -0.2) is 4.39 Å². The zero-order valence-electron chi connectivity index (χ0n) is 9.58. The van der Waals surface area contributed by atoms with Crippen molar-refractivity contribution in [3.63, 3.8) is 0 Å². The number of benzene rings is 1. The fourth-order valence-corrected chi connectivity index (χ4v) is 1.78. The average molecular weight is 299 g/mol. The number of rotatable bonds is 3. The molecule has 17 heavy (non-hydrogen) atoms. The normalized spacial score (nSPS) is 11.7. The summed E-state index contributed by atoms with van der Waals surface area (Å²) in [5.41, 5.74) is 0.00650. The van der Waals surface area contributed by atoms with Gasteiger partial charge in [-0.05, 0) is 35.0 Å². The maximum absolute atomic E-state index is 13.7. The molecule has 1 aromatic rings. The second kappa shape index (κ2) is 5.78. The SMILES string of the molecule is CC(C#N)CN(C)C(=O)c1cccc(Br)c1F. The molecule has 0 aliphatic carbocycles. The molecule has 0 spiro atoms. The van der Waals surface area contributed by atoms with Crippen LogP contribution in [0, 0.1) is 23.1 Å². The second-order valence-corrected chi connectivity index (χ2v) is 4.67. The van der Waals surface area contributed by atoms with Crippen LogP contribution in [0.2, 0.25) is 0 Å². The molecule has 0 saturated carbocycles. The highest BCUT2D eigenvalue weighted by Gasteiger charge is 2.18. The first-order valence-corrected chi connectivity index (χ1v) is 5.85. The van der Waals surface area contributed by atoms with E-state index in [1.54, 1.807) is 20.0 Å². The molecule has 0 fully saturated rings. The Morgan fingerprint density at radius 3 is 2.88 bits per heavy atom. The van der Waals surface area contributed by atoms with E-state index in [1.807, 2.05) is 6.07 Å². The number of carbonyl (C=O) groups is 1. The molecule has 0 heterocycles. The van der Waals surface area contributed by atoms with Gasteiger partial charge >= 0.3 is 0 Å². The number of amides is 1. The first-order valence-electron chi connectivity index (χ1n) is 5.06. The maximum Gasteiger partial charge on any atom is 0.256 e. The van der Waals surface area contributed by atoms with Crippen molar-refractivity contribution in [3.05, 3.63) is 34.1 Å². The van der Waals surface area contributed by atoms with Crippen molar-refractivity contribution in [1.29, 1.82) is 5.26 Å². The molecule has 0 aromatic heterocycles. The lowest BCUT2D eigenvalue weighted by molar-refractivity contribution is 0.0780. The highest BCUT2D eigenvalue weighted by Crippen LogP contribution is 2.19. The van der Waals surface area contributed by atoms with Gasteiger partial charge in [0.2, 0.25) is 0 Å². The van der Waals surface area contributed by atoms with Gasteiger partial charge in [-0.1, -0.05) is 6.07 Å². The van der Waals surface area contributed by atoms with E-state index in [-0.39, 0.29) is 22.5 Å². The lowest BCUT2D eigenvalue weighted by Gasteiger charge is -2.18. The van der Waals surface area contributed by atoms with Crippen molar-refractivity contribution in [2.45, 2.75) is 6.92 Å². The molecule has 1 aromatic carbocycles. The topological polar surface area (TPSA) is 44.1 Å². The average Bonchev–Trinajstić information content (AvgIpc) is 2.31. The van der Waals surface area contributed by atoms with Gasteiger partial charge in [-0.3, -0.25) is 4.79 Å². The van der Waals surface area contributed by atoms with E-state index in [1.165, 1.54) is 17.0 Å². The minimum absolute atomic E-state index is 0.00650. The quantitative estimate of drug-likeness (QED) is 0.861. The molecule has 1 unspecified atom stereocenters. The molecule has 0 saturated heterocycles. The van der Waals surface area contributed by atoms with Gasteiger partial charge in [0.05, 0.1) is 22.0 Å². The summed E-state index contributed by atoms with van der Waals surface area (Å²) in [4.78, 5) is 13.3. The zero-order chi connectivity index (χ0) is 13.0. The van der Waals surface area contributed by atoms with Crippen LogP contribution in [0.15, 0.2) is 22.7 Å². The van der Waals surface area contributed by atoms with Crippen LogP contribution in [0.25, 0.3) is 0 Å². The first-order chi connectivity index (χ1) is 7.97. The van der Waals surface area contributed by atoms with Crippen LogP contribution in [0.1, 0.15) is 17.3 Å². The van der Waals surface area contributed by atoms with Crippen LogP contribution in [0.5, 0.6) is 0 Å². The largest absolute Gasteiger partial charge is 0.340 e. The maximum atomic E-state index is 13.7. The Morgan fingerprint density at radius 1 is 1.65 bits per heavy atom. The standard InChI is InChI=1S/C12H12BrFN2O/c1-8(6-15)7-16(2)12(17)9-4-3-5-10(13)11(9)14/h3-5,8H,7H2,1-2H3. The summed E-state index contributed by atoms with van der Waals surface area (Å²) in [5.74, 6) is -1.28. The van der Waals surface area contributed by atoms with Crippen LogP contribution in [-0.2, 0) is 0 Å². The molecule has 1 amide bonds. The molecule has 0 aliphatic rings. The van der Waals surface area contributed by atoms with Crippen molar-refractivity contribution in [2.75, 3.05) is 13.6 Å². The zero-order valence-corrected chi connectivity index (χ0v) is 11.2. The van der Waals surface area contributed by atoms with Crippen molar-refractivity contribution in [1.82, 2.24) is 4.90 Å². The third-order valence-corrected chi connectivity index (χ3v) is 2.91. The van der Waals surface area contributed by atoms with Gasteiger partial charge in [0.1, 0.15) is 5.82 Å². The Hall–Kier alpha value is -1.41. The van der Waals surface area contributed by atoms with Gasteiger partial charge in [0.25, 0.3) is 5.91 Å². The van der Waals surface area contributed by atoms with Gasteiger partial charge < -0.3 is 4.90 Å². The Balaban J connectivity index is 2.90. The van der Waals surface area contributed by atoms with Crippen LogP contribution in [0.3, 0.4) is 0 Å². The van der Waals surface area contributed by atoms with E-state index in [0.717, 1.165) is 0 Å². The summed E-state index contributed by atoms with van der Waals surface area (Å²) in [6.45, 7) is 1.99. The molecule has 3 nitrogen and oxygen atoms in total. The number of nitriles is 1. The molecule has 1 atom stereocenters. The molecule has 1 rings (SSSR count). The van der Waals surface area contributed by atoms with Gasteiger partial charge in [-0.2, -0.15) is 5.26 Å². The Bertz CT molecular complexity index is 470. The van der Waals surface area contributed by atoms with Crippen LogP contribution in [-0.4, -0.2) is 24.4 Å². The predicted molar refractivity (Wildman–Crippen MR) is 65.8 cm³/mol. The summed E-state index contributed by atoms with van der Waals surface area (Å²) < 4.78 is 13.9. The molecule has 0 aliphatic heterocycles. The molecule has 90 valence electrons. The third-order valence-electron chi connectivity index (χ3n) is 2.30. The first kappa shape index (κ1) is 13.7. The number of nitrogens with zero attached hydrogens (tertiary/aromatic N) is 2. The number of carbonyl (C=O) groups excluding carboxylic acids is 1. The van der Waals surface area contributed by atoms with Gasteiger partial charge in [0.15, 0.2) is 0 Å². The highest BCUT2D eigenvalue weighted by molar-refractivity contribution is 9.10. The lowest BCUT2D eigenvalue weighted by Crippen LogP contribution is -2.31. The van der Waals surface area contributed by atoms with E-state index in [9.17, 15) is 9.18 Å². The summed E-state index contributed by atoms with van der Waals surface area (Å²) >= 11 is 3.03. The minimum atomic E-state index is -0.575. The van der Waals surface area contributed by atoms with Crippen molar-refractivity contribution >= 4 is 21.8 Å². The molecule has 0 bridgehead atoms. The van der Waals surface area contributed by atoms with Gasteiger partial charge in [0, 0.05) is 13.6 Å². The van der Waals surface area contributed by atoms with Crippen molar-refractivity contribution < 1.29 is 9.18 Å². The molecular formula is C12H12BrFN2O. The highest BCUT2D eigenvalue weighted by atomic mass is 79.9. The van der Waals surface area contributed by atoms with E-state index < -0.39 is 11.7 Å². The Kier molecular flexibility index (Phi) is 4.64. The second-order valence-electron chi connectivity index (χ2n) is 3.82. The van der Waals surface area contributed by atoms with E-state index in [2.05, 4.69) is 15.9 Å². The van der Waals surface area contributed by atoms with E-state index in [0.29, 0.717) is 0 Å². The van der Waals surface area contributed by atoms with E-state index >= 15 is 0 Å². The predicted octanol–water partition coefficient (Wildman–Crippen LogP) is 2.82. The smallest absolute Gasteiger partial charge is 0.256 e. The Morgan fingerprint density at radius 2 is 2.29 bits per heavy atom. The molecule has 5 heteroatoms. The van der Waals surface area contributed by atoms with Crippen LogP contribution in [0.4, 0.5) is 4.39 Å². The number of hydrogen-bond acceptors (Lipinski definition) is 2. The van der Waals surface area contributed by atoms with Gasteiger partial charge in [-0.15, -0.1) is 0 Å². The summed E-state index contributed by atoms with van der Waals surface area (Å²) in [6.07, 6.45) is 0. The van der Waals surface area contributed by atoms with Crippen molar-refractivity contribution in [2.24, 2.45) is 5.92 Å². The van der Waals surface area contributed by atoms with Crippen LogP contribution < -0.4 is 0 Å². The fourth-order valence-electron chi connectivity index (χ4n) is 1.41. The third kappa shape index (κ3) is 3.27. The Labute approximate surface area is 108 Å². The summed E-state index contributed by atoms with van der Waals surface area (Å²) in [6, 6.07) is 6.59. The number of hydrogen-bond donors (Lipinski definition) is 0. The lowest BCUT2D eigenvalue weighted by atomic mass is 10.1. The molecule has 0 N–H and O–H groups in total. The number of halogens is 2. The summed E-state index contributed by atoms with van der Waals surface area (Å²) in [5, 5.41) is 8.67.